The molecule has 0 saturated heterocycles. The molecule has 4 aromatic rings. The summed E-state index contributed by atoms with van der Waals surface area (Å²) in [4.78, 5) is 0. The first-order valence-corrected chi connectivity index (χ1v) is 12.5. The van der Waals surface area contributed by atoms with Crippen LogP contribution in [0.25, 0.3) is 11.1 Å². The molecule has 0 aliphatic heterocycles. The Morgan fingerprint density at radius 3 is 1.91 bits per heavy atom. The van der Waals surface area contributed by atoms with E-state index in [1.54, 1.807) is 0 Å². The zero-order valence-electron chi connectivity index (χ0n) is 19.6. The van der Waals surface area contributed by atoms with E-state index in [0.29, 0.717) is 0 Å². The van der Waals surface area contributed by atoms with E-state index in [0.717, 1.165) is 12.8 Å². The van der Waals surface area contributed by atoms with Crippen molar-refractivity contribution in [2.24, 2.45) is 0 Å². The molecule has 0 heterocycles. The predicted molar refractivity (Wildman–Crippen MR) is 136 cm³/mol. The van der Waals surface area contributed by atoms with Gasteiger partial charge >= 0.3 is 99.2 Å². The van der Waals surface area contributed by atoms with Crippen molar-refractivity contribution in [3.8, 4) is 11.1 Å². The molecule has 0 amide bonds. The van der Waals surface area contributed by atoms with Gasteiger partial charge in [0.25, 0.3) is 0 Å². The Bertz CT molecular complexity index is 1220. The van der Waals surface area contributed by atoms with Crippen LogP contribution >= 0.6 is 0 Å². The van der Waals surface area contributed by atoms with E-state index in [4.69, 9.17) is 0 Å². The third-order valence-electron chi connectivity index (χ3n) is 5.65. The monoisotopic (exact) mass is 570 g/mol. The fourth-order valence-electron chi connectivity index (χ4n) is 4.00. The fourth-order valence-corrected chi connectivity index (χ4v) is 4.82. The van der Waals surface area contributed by atoms with E-state index in [-0.39, 0.29) is 24.8 Å². The average molecular weight is 573 g/mol. The summed E-state index contributed by atoms with van der Waals surface area (Å²) in [5.41, 5.74) is 9.62. The van der Waals surface area contributed by atoms with Crippen molar-refractivity contribution >= 4 is 3.21 Å². The number of rotatable bonds is 2. The van der Waals surface area contributed by atoms with Gasteiger partial charge in [-0.3, -0.25) is 6.08 Å². The van der Waals surface area contributed by atoms with Gasteiger partial charge in [0.05, 0.1) is 0 Å². The number of hydrogen-bond donors (Lipinski definition) is 0. The Morgan fingerprint density at radius 1 is 0.771 bits per heavy atom. The topological polar surface area (TPSA) is 0 Å². The van der Waals surface area contributed by atoms with Crippen LogP contribution < -0.4 is 24.8 Å². The van der Waals surface area contributed by atoms with Crippen LogP contribution in [0.3, 0.4) is 0 Å². The molecule has 0 atom stereocenters. The van der Waals surface area contributed by atoms with Crippen LogP contribution in [0, 0.1) is 19.1 Å². The number of aryl methyl sites for hydroxylation is 1. The molecule has 0 N–H and O–H groups in total. The van der Waals surface area contributed by atoms with E-state index < -0.39 is 0 Å². The van der Waals surface area contributed by atoms with E-state index in [1.807, 2.05) is 18.2 Å². The summed E-state index contributed by atoms with van der Waals surface area (Å²) >= 11 is 1.46. The molecule has 4 aromatic carbocycles. The van der Waals surface area contributed by atoms with Crippen molar-refractivity contribution in [3.05, 3.63) is 155 Å². The van der Waals surface area contributed by atoms with Gasteiger partial charge in [-0.05, 0) is 6.42 Å². The molecule has 6 rings (SSSR count). The SMILES string of the molecule is Cc1cc[c-]c2c1-c1ccccc1C2.[C-]1=CC=CC1.[Cl-].[Cl-].[Zr+2]=[C](c1ccccc1)c1ccccc1. The molecule has 3 heteroatoms. The molecule has 0 bridgehead atoms. The molecule has 0 saturated carbocycles. The van der Waals surface area contributed by atoms with Crippen molar-refractivity contribution in [2.45, 2.75) is 19.8 Å². The Labute approximate surface area is 237 Å². The minimum atomic E-state index is 0. The first kappa shape index (κ1) is 28.9. The summed E-state index contributed by atoms with van der Waals surface area (Å²) in [6, 6.07) is 37.3. The van der Waals surface area contributed by atoms with Crippen molar-refractivity contribution in [3.63, 3.8) is 0 Å². The van der Waals surface area contributed by atoms with Crippen molar-refractivity contribution in [2.75, 3.05) is 0 Å². The van der Waals surface area contributed by atoms with Gasteiger partial charge in [-0.1, -0.05) is 42.3 Å². The molecule has 0 unspecified atom stereocenters. The van der Waals surface area contributed by atoms with Gasteiger partial charge in [0.1, 0.15) is 0 Å². The minimum absolute atomic E-state index is 0. The number of allylic oxidation sites excluding steroid dienone is 4. The van der Waals surface area contributed by atoms with Gasteiger partial charge in [0.2, 0.25) is 0 Å². The first-order chi connectivity index (χ1) is 16.2. The maximum atomic E-state index is 3.34. The van der Waals surface area contributed by atoms with Gasteiger partial charge in [-0.25, -0.2) is 12.2 Å². The molecule has 0 radical (unpaired) electrons. The van der Waals surface area contributed by atoms with Gasteiger partial charge in [0.15, 0.2) is 0 Å². The van der Waals surface area contributed by atoms with Crippen LogP contribution in [0.15, 0.2) is 115 Å². The molecule has 0 spiro atoms. The molecular formula is C32H26Cl2Zr-2. The molecule has 35 heavy (non-hydrogen) atoms. The van der Waals surface area contributed by atoms with Crippen LogP contribution in [-0.2, 0) is 30.7 Å². The third kappa shape index (κ3) is 7.84. The first-order valence-electron chi connectivity index (χ1n) is 11.2. The summed E-state index contributed by atoms with van der Waals surface area (Å²) in [5.74, 6) is 0. The molecule has 174 valence electrons. The van der Waals surface area contributed by atoms with Gasteiger partial charge in [0, 0.05) is 0 Å². The number of benzene rings is 4. The normalized spacial score (nSPS) is 11.4. The Hall–Kier alpha value is -2.31. The van der Waals surface area contributed by atoms with Crippen LogP contribution in [0.5, 0.6) is 0 Å². The van der Waals surface area contributed by atoms with E-state index in [2.05, 4.69) is 116 Å². The summed E-state index contributed by atoms with van der Waals surface area (Å²) in [6.07, 6.45) is 11.0. The Kier molecular flexibility index (Phi) is 12.4. The van der Waals surface area contributed by atoms with Crippen LogP contribution in [0.4, 0.5) is 0 Å². The summed E-state index contributed by atoms with van der Waals surface area (Å²) < 4.78 is 1.42. The Balaban J connectivity index is 0.000000197. The van der Waals surface area contributed by atoms with Crippen LogP contribution in [-0.4, -0.2) is 3.21 Å². The second-order valence-electron chi connectivity index (χ2n) is 7.96. The van der Waals surface area contributed by atoms with Gasteiger partial charge in [-0.15, -0.1) is 17.5 Å². The molecule has 0 aromatic heterocycles. The molecule has 2 aliphatic carbocycles. The third-order valence-corrected chi connectivity index (χ3v) is 7.07. The summed E-state index contributed by atoms with van der Waals surface area (Å²) in [7, 11) is 0. The summed E-state index contributed by atoms with van der Waals surface area (Å²) in [6.45, 7) is 2.18. The second-order valence-corrected chi connectivity index (χ2v) is 9.19. The average Bonchev–Trinajstić information content (AvgIpc) is 3.57. The molecule has 2 aliphatic rings. The number of halogens is 2. The van der Waals surface area contributed by atoms with Crippen LogP contribution in [0.2, 0.25) is 0 Å². The zero-order chi connectivity index (χ0) is 22.9. The van der Waals surface area contributed by atoms with Crippen molar-refractivity contribution in [1.82, 2.24) is 0 Å². The molecular weight excluding hydrogens is 546 g/mol. The standard InChI is InChI=1S/C14H11.C13H10.C5H5.2ClH.Zr/c1-10-5-4-7-12-9-11-6-2-3-8-13(11)14(10)12;1-3-7-12(8-4-1)11-13-9-5-2-6-10-13;1-2-4-5-3-1;;;/h2-6,8H,9H2,1H3;1-10H;1-3H,4H2;2*1H;/q-1;;-1;;;+2/p-2. The quantitative estimate of drug-likeness (QED) is 0.282. The summed E-state index contributed by atoms with van der Waals surface area (Å²) in [5, 5.41) is 0. The zero-order valence-corrected chi connectivity index (χ0v) is 23.6. The predicted octanol–water partition coefficient (Wildman–Crippen LogP) is 1.48. The Morgan fingerprint density at radius 2 is 1.37 bits per heavy atom. The van der Waals surface area contributed by atoms with E-state index in [9.17, 15) is 0 Å². The maximum absolute atomic E-state index is 3.34. The van der Waals surface area contributed by atoms with Crippen LogP contribution in [0.1, 0.15) is 34.2 Å². The van der Waals surface area contributed by atoms with Crippen molar-refractivity contribution < 1.29 is 49.0 Å². The second kappa shape index (κ2) is 14.9. The molecule has 0 fully saturated rings. The van der Waals surface area contributed by atoms with Crippen molar-refractivity contribution in [1.29, 1.82) is 0 Å². The molecule has 0 nitrogen and oxygen atoms in total. The van der Waals surface area contributed by atoms with E-state index >= 15 is 0 Å². The number of fused-ring (bicyclic) bond motifs is 3. The van der Waals surface area contributed by atoms with Gasteiger partial charge in [-0.2, -0.15) is 29.8 Å². The van der Waals surface area contributed by atoms with E-state index in [1.165, 1.54) is 66.4 Å². The fraction of sp³-hybridized carbons (Fsp3) is 0.0938. The van der Waals surface area contributed by atoms with Gasteiger partial charge < -0.3 is 24.8 Å². The number of hydrogen-bond acceptors (Lipinski definition) is 0.